The Morgan fingerprint density at radius 2 is 2.00 bits per heavy atom. The highest BCUT2D eigenvalue weighted by atomic mass is 16.3. The number of benzene rings is 1. The molecule has 1 atom stereocenters. The van der Waals surface area contributed by atoms with Gasteiger partial charge in [0.2, 0.25) is 0 Å². The van der Waals surface area contributed by atoms with Gasteiger partial charge in [-0.1, -0.05) is 24.3 Å². The third-order valence-corrected chi connectivity index (χ3v) is 3.26. The van der Waals surface area contributed by atoms with E-state index >= 15 is 0 Å². The summed E-state index contributed by atoms with van der Waals surface area (Å²) in [6, 6.07) is 12.8. The Labute approximate surface area is 89.7 Å². The van der Waals surface area contributed by atoms with Gasteiger partial charge in [0.15, 0.2) is 0 Å². The highest BCUT2D eigenvalue weighted by Gasteiger charge is 2.22. The van der Waals surface area contributed by atoms with Crippen molar-refractivity contribution in [1.29, 1.82) is 0 Å². The van der Waals surface area contributed by atoms with Crippen LogP contribution in [0.3, 0.4) is 0 Å². The van der Waals surface area contributed by atoms with Crippen molar-refractivity contribution in [2.75, 3.05) is 0 Å². The molecular formula is C14H14O. The van der Waals surface area contributed by atoms with Gasteiger partial charge < -0.3 is 4.42 Å². The fourth-order valence-corrected chi connectivity index (χ4v) is 2.54. The van der Waals surface area contributed by atoms with Crippen molar-refractivity contribution >= 4 is 0 Å². The first kappa shape index (κ1) is 8.78. The van der Waals surface area contributed by atoms with Crippen molar-refractivity contribution in [3.63, 3.8) is 0 Å². The standard InChI is InChI=1S/C14H14O/c1-2-7-12-11(5-1)6-3-8-13(12)14-9-4-10-15-14/h1-2,4-5,7,9-10,13H,3,6,8H2. The van der Waals surface area contributed by atoms with Crippen LogP contribution in [0.5, 0.6) is 0 Å². The Morgan fingerprint density at radius 3 is 2.87 bits per heavy atom. The Bertz CT molecular complexity index is 442. The fourth-order valence-electron chi connectivity index (χ4n) is 2.54. The zero-order valence-electron chi connectivity index (χ0n) is 8.65. The lowest BCUT2D eigenvalue weighted by Crippen LogP contribution is -2.09. The average molecular weight is 198 g/mol. The van der Waals surface area contributed by atoms with Crippen LogP contribution >= 0.6 is 0 Å². The summed E-state index contributed by atoms with van der Waals surface area (Å²) in [5.74, 6) is 1.59. The van der Waals surface area contributed by atoms with Gasteiger partial charge in [-0.2, -0.15) is 0 Å². The number of fused-ring (bicyclic) bond motifs is 1. The normalized spacial score (nSPS) is 19.9. The monoisotopic (exact) mass is 198 g/mol. The van der Waals surface area contributed by atoms with Gasteiger partial charge in [-0.3, -0.25) is 0 Å². The molecule has 0 fully saturated rings. The molecule has 1 aliphatic carbocycles. The Morgan fingerprint density at radius 1 is 1.07 bits per heavy atom. The van der Waals surface area contributed by atoms with Gasteiger partial charge in [-0.25, -0.2) is 0 Å². The molecule has 1 heteroatoms. The van der Waals surface area contributed by atoms with Crippen molar-refractivity contribution in [2.24, 2.45) is 0 Å². The molecule has 15 heavy (non-hydrogen) atoms. The highest BCUT2D eigenvalue weighted by molar-refractivity contribution is 5.36. The van der Waals surface area contributed by atoms with Gasteiger partial charge in [-0.05, 0) is 42.5 Å². The predicted octanol–water partition coefficient (Wildman–Crippen LogP) is 3.75. The van der Waals surface area contributed by atoms with Gasteiger partial charge in [0.05, 0.1) is 6.26 Å². The number of rotatable bonds is 1. The topological polar surface area (TPSA) is 13.1 Å². The van der Waals surface area contributed by atoms with Crippen LogP contribution in [-0.2, 0) is 6.42 Å². The lowest BCUT2D eigenvalue weighted by atomic mass is 9.81. The van der Waals surface area contributed by atoms with E-state index in [4.69, 9.17) is 4.42 Å². The summed E-state index contributed by atoms with van der Waals surface area (Å²) in [6.07, 6.45) is 5.47. The molecule has 1 nitrogen and oxygen atoms in total. The maximum Gasteiger partial charge on any atom is 0.111 e. The first-order valence-electron chi connectivity index (χ1n) is 5.56. The van der Waals surface area contributed by atoms with Crippen molar-refractivity contribution in [3.8, 4) is 0 Å². The van der Waals surface area contributed by atoms with Crippen molar-refractivity contribution in [3.05, 3.63) is 59.5 Å². The van der Waals surface area contributed by atoms with Crippen molar-refractivity contribution < 1.29 is 4.42 Å². The summed E-state index contributed by atoms with van der Waals surface area (Å²) in [5.41, 5.74) is 2.95. The second kappa shape index (κ2) is 3.58. The van der Waals surface area contributed by atoms with Crippen LogP contribution < -0.4 is 0 Å². The lowest BCUT2D eigenvalue weighted by Gasteiger charge is -2.23. The molecule has 0 spiro atoms. The molecule has 3 rings (SSSR count). The number of furan rings is 1. The largest absolute Gasteiger partial charge is 0.469 e. The molecule has 1 aromatic heterocycles. The van der Waals surface area contributed by atoms with Gasteiger partial charge in [-0.15, -0.1) is 0 Å². The summed E-state index contributed by atoms with van der Waals surface area (Å²) in [7, 11) is 0. The summed E-state index contributed by atoms with van der Waals surface area (Å²) in [6.45, 7) is 0. The third-order valence-electron chi connectivity index (χ3n) is 3.26. The SMILES string of the molecule is c1coc(C2CCCc3ccccc32)c1. The van der Waals surface area contributed by atoms with Crippen molar-refractivity contribution in [1.82, 2.24) is 0 Å². The van der Waals surface area contributed by atoms with E-state index < -0.39 is 0 Å². The van der Waals surface area contributed by atoms with Gasteiger partial charge in [0, 0.05) is 5.92 Å². The Kier molecular flexibility index (Phi) is 2.09. The maximum absolute atomic E-state index is 5.53. The molecule has 0 bridgehead atoms. The molecule has 1 unspecified atom stereocenters. The second-order valence-corrected chi connectivity index (χ2v) is 4.16. The second-order valence-electron chi connectivity index (χ2n) is 4.16. The van der Waals surface area contributed by atoms with Crippen LogP contribution in [-0.4, -0.2) is 0 Å². The molecule has 0 saturated carbocycles. The third kappa shape index (κ3) is 1.48. The summed E-state index contributed by atoms with van der Waals surface area (Å²) >= 11 is 0. The van der Waals surface area contributed by atoms with E-state index in [-0.39, 0.29) is 0 Å². The van der Waals surface area contributed by atoms with Crippen LogP contribution in [0.4, 0.5) is 0 Å². The van der Waals surface area contributed by atoms with E-state index in [0.29, 0.717) is 5.92 Å². The smallest absolute Gasteiger partial charge is 0.111 e. The Balaban J connectivity index is 2.06. The summed E-state index contributed by atoms with van der Waals surface area (Å²) in [4.78, 5) is 0. The van der Waals surface area contributed by atoms with Crippen LogP contribution in [0.15, 0.2) is 47.1 Å². The lowest BCUT2D eigenvalue weighted by molar-refractivity contribution is 0.457. The number of aryl methyl sites for hydroxylation is 1. The quantitative estimate of drug-likeness (QED) is 0.680. The number of hydrogen-bond acceptors (Lipinski definition) is 1. The van der Waals surface area contributed by atoms with Crippen LogP contribution in [0.25, 0.3) is 0 Å². The van der Waals surface area contributed by atoms with Gasteiger partial charge in [0.25, 0.3) is 0 Å². The molecule has 1 heterocycles. The van der Waals surface area contributed by atoms with E-state index in [9.17, 15) is 0 Å². The van der Waals surface area contributed by atoms with Crippen LogP contribution in [0, 0.1) is 0 Å². The molecular weight excluding hydrogens is 184 g/mol. The average Bonchev–Trinajstić information content (AvgIpc) is 2.82. The van der Waals surface area contributed by atoms with Gasteiger partial charge in [0.1, 0.15) is 5.76 Å². The molecule has 76 valence electrons. The van der Waals surface area contributed by atoms with E-state index in [1.54, 1.807) is 6.26 Å². The summed E-state index contributed by atoms with van der Waals surface area (Å²) < 4.78 is 5.53. The molecule has 0 aliphatic heterocycles. The van der Waals surface area contributed by atoms with Crippen LogP contribution in [0.1, 0.15) is 35.6 Å². The predicted molar refractivity (Wildman–Crippen MR) is 59.9 cm³/mol. The minimum Gasteiger partial charge on any atom is -0.469 e. The molecule has 0 amide bonds. The zero-order valence-corrected chi connectivity index (χ0v) is 8.65. The first-order chi connectivity index (χ1) is 7.45. The zero-order chi connectivity index (χ0) is 10.1. The van der Waals surface area contributed by atoms with Crippen molar-refractivity contribution in [2.45, 2.75) is 25.2 Å². The minimum atomic E-state index is 0.477. The summed E-state index contributed by atoms with van der Waals surface area (Å²) in [5, 5.41) is 0. The molecule has 0 radical (unpaired) electrons. The highest BCUT2D eigenvalue weighted by Crippen LogP contribution is 2.36. The van der Waals surface area contributed by atoms with Gasteiger partial charge >= 0.3 is 0 Å². The molecule has 1 aromatic carbocycles. The molecule has 0 N–H and O–H groups in total. The fraction of sp³-hybridized carbons (Fsp3) is 0.286. The molecule has 0 saturated heterocycles. The maximum atomic E-state index is 5.53. The number of hydrogen-bond donors (Lipinski definition) is 0. The Hall–Kier alpha value is -1.50. The van der Waals surface area contributed by atoms with Crippen LogP contribution in [0.2, 0.25) is 0 Å². The molecule has 2 aromatic rings. The first-order valence-corrected chi connectivity index (χ1v) is 5.56. The molecule has 1 aliphatic rings. The minimum absolute atomic E-state index is 0.477. The van der Waals surface area contributed by atoms with E-state index in [2.05, 4.69) is 30.3 Å². The van der Waals surface area contributed by atoms with E-state index in [0.717, 1.165) is 5.76 Å². The van der Waals surface area contributed by atoms with E-state index in [1.165, 1.54) is 30.4 Å². The van der Waals surface area contributed by atoms with E-state index in [1.807, 2.05) is 6.07 Å².